The second-order valence-corrected chi connectivity index (χ2v) is 7.20. The van der Waals surface area contributed by atoms with E-state index in [9.17, 15) is 4.79 Å². The summed E-state index contributed by atoms with van der Waals surface area (Å²) < 4.78 is 8.99. The first kappa shape index (κ1) is 17.3. The molecule has 1 fully saturated rings. The number of nitrogens with zero attached hydrogens (tertiary/aromatic N) is 5. The molecule has 0 atom stereocenters. The Kier molecular flexibility index (Phi) is 5.05. The molecule has 1 aromatic carbocycles. The maximum absolute atomic E-state index is 12.8. The molecule has 8 heteroatoms. The number of fused-ring (bicyclic) bond motifs is 3. The van der Waals surface area contributed by atoms with Crippen LogP contribution in [-0.2, 0) is 11.3 Å². The lowest BCUT2D eigenvalue weighted by atomic mass is 10.2. The largest absolute Gasteiger partial charge is 0.379 e. The number of hydrogen-bond donors (Lipinski definition) is 0. The Bertz CT molecular complexity index is 990. The number of allylic oxidation sites excluding steroid dienone is 1. The lowest BCUT2D eigenvalue weighted by molar-refractivity contribution is 0.0410. The van der Waals surface area contributed by atoms with Gasteiger partial charge in [-0.25, -0.2) is 0 Å². The number of thioether (sulfide) groups is 1. The quantitative estimate of drug-likeness (QED) is 0.485. The van der Waals surface area contributed by atoms with Crippen LogP contribution in [0.15, 0.2) is 46.9 Å². The van der Waals surface area contributed by atoms with Crippen LogP contribution in [0, 0.1) is 0 Å². The van der Waals surface area contributed by atoms with Crippen molar-refractivity contribution < 1.29 is 4.74 Å². The molecule has 26 heavy (non-hydrogen) atoms. The molecule has 2 aromatic heterocycles. The minimum atomic E-state index is -0.0646. The summed E-state index contributed by atoms with van der Waals surface area (Å²) in [6, 6.07) is 7.60. The summed E-state index contributed by atoms with van der Waals surface area (Å²) in [7, 11) is 0. The van der Waals surface area contributed by atoms with E-state index in [4.69, 9.17) is 4.74 Å². The van der Waals surface area contributed by atoms with Gasteiger partial charge in [0.05, 0.1) is 24.1 Å². The smallest absolute Gasteiger partial charge is 0.263 e. The van der Waals surface area contributed by atoms with E-state index in [0.717, 1.165) is 49.3 Å². The molecule has 1 saturated heterocycles. The number of hydrogen-bond acceptors (Lipinski definition) is 6. The molecule has 0 spiro atoms. The van der Waals surface area contributed by atoms with Crippen molar-refractivity contribution >= 4 is 28.4 Å². The Hall–Kier alpha value is -2.16. The van der Waals surface area contributed by atoms with Crippen LogP contribution >= 0.6 is 11.8 Å². The number of benzene rings is 1. The van der Waals surface area contributed by atoms with Crippen LogP contribution in [-0.4, -0.2) is 62.7 Å². The third kappa shape index (κ3) is 3.15. The molecule has 7 nitrogen and oxygen atoms in total. The van der Waals surface area contributed by atoms with Gasteiger partial charge in [0.15, 0.2) is 5.16 Å². The van der Waals surface area contributed by atoms with Gasteiger partial charge in [-0.15, -0.1) is 16.8 Å². The van der Waals surface area contributed by atoms with Crippen LogP contribution in [0.2, 0.25) is 0 Å². The van der Waals surface area contributed by atoms with Crippen LogP contribution < -0.4 is 5.56 Å². The molecule has 3 heterocycles. The van der Waals surface area contributed by atoms with Gasteiger partial charge >= 0.3 is 0 Å². The number of morpholine rings is 1. The van der Waals surface area contributed by atoms with Gasteiger partial charge in [-0.2, -0.15) is 0 Å². The maximum Gasteiger partial charge on any atom is 0.263 e. The van der Waals surface area contributed by atoms with Crippen LogP contribution in [0.5, 0.6) is 0 Å². The van der Waals surface area contributed by atoms with E-state index in [1.54, 1.807) is 22.4 Å². The first-order valence-corrected chi connectivity index (χ1v) is 9.68. The summed E-state index contributed by atoms with van der Waals surface area (Å²) in [6.45, 7) is 8.70. The number of ether oxygens (including phenoxy) is 1. The lowest BCUT2D eigenvalue weighted by Gasteiger charge is -2.26. The predicted octanol–water partition coefficient (Wildman–Crippen LogP) is 1.65. The molecule has 0 unspecified atom stereocenters. The van der Waals surface area contributed by atoms with Crippen molar-refractivity contribution in [2.24, 2.45) is 0 Å². The molecular formula is C18H21N5O2S. The van der Waals surface area contributed by atoms with Crippen molar-refractivity contribution in [3.63, 3.8) is 0 Å². The van der Waals surface area contributed by atoms with Gasteiger partial charge in [-0.1, -0.05) is 30.0 Å². The highest BCUT2D eigenvalue weighted by atomic mass is 32.2. The van der Waals surface area contributed by atoms with Crippen LogP contribution in [0.25, 0.3) is 16.7 Å². The van der Waals surface area contributed by atoms with E-state index < -0.39 is 0 Å². The second-order valence-electron chi connectivity index (χ2n) is 6.14. The number of aromatic nitrogens is 4. The Morgan fingerprint density at radius 3 is 2.85 bits per heavy atom. The van der Waals surface area contributed by atoms with Crippen molar-refractivity contribution in [2.75, 3.05) is 38.6 Å². The summed E-state index contributed by atoms with van der Waals surface area (Å²) in [6.07, 6.45) is 1.70. The predicted molar refractivity (Wildman–Crippen MR) is 103 cm³/mol. The zero-order valence-electron chi connectivity index (χ0n) is 14.5. The molecule has 1 aliphatic rings. The van der Waals surface area contributed by atoms with Gasteiger partial charge in [-0.3, -0.25) is 18.7 Å². The third-order valence-corrected chi connectivity index (χ3v) is 5.44. The monoisotopic (exact) mass is 371 g/mol. The van der Waals surface area contributed by atoms with E-state index in [2.05, 4.69) is 21.7 Å². The summed E-state index contributed by atoms with van der Waals surface area (Å²) >= 11 is 1.66. The molecule has 0 N–H and O–H groups in total. The van der Waals surface area contributed by atoms with Gasteiger partial charge in [0.1, 0.15) is 0 Å². The topological polar surface area (TPSA) is 64.7 Å². The molecule has 0 saturated carbocycles. The first-order chi connectivity index (χ1) is 12.8. The van der Waals surface area contributed by atoms with E-state index in [0.29, 0.717) is 17.7 Å². The van der Waals surface area contributed by atoms with E-state index in [-0.39, 0.29) is 5.56 Å². The highest BCUT2D eigenvalue weighted by molar-refractivity contribution is 7.99. The van der Waals surface area contributed by atoms with Crippen LogP contribution in [0.4, 0.5) is 0 Å². The van der Waals surface area contributed by atoms with Crippen molar-refractivity contribution in [3.8, 4) is 0 Å². The van der Waals surface area contributed by atoms with Gasteiger partial charge in [0.2, 0.25) is 5.78 Å². The number of rotatable bonds is 6. The highest BCUT2D eigenvalue weighted by Gasteiger charge is 2.17. The average molecular weight is 371 g/mol. The zero-order chi connectivity index (χ0) is 17.9. The first-order valence-electron chi connectivity index (χ1n) is 8.70. The normalized spacial score (nSPS) is 15.7. The number of para-hydroxylation sites is 1. The molecule has 0 bridgehead atoms. The van der Waals surface area contributed by atoms with E-state index in [1.807, 2.05) is 28.7 Å². The van der Waals surface area contributed by atoms with E-state index >= 15 is 0 Å². The fraction of sp³-hybridized carbons (Fsp3) is 0.389. The molecule has 1 aliphatic heterocycles. The Morgan fingerprint density at radius 1 is 1.23 bits per heavy atom. The van der Waals surface area contributed by atoms with Gasteiger partial charge in [0, 0.05) is 31.9 Å². The molecule has 3 aromatic rings. The molecular weight excluding hydrogens is 350 g/mol. The summed E-state index contributed by atoms with van der Waals surface area (Å²) in [5.74, 6) is 1.47. The standard InChI is InChI=1S/C18H21N5O2S/c1-2-7-22-16(24)14-5-3-4-6-15(14)23-17(22)19-20-18(23)26-13-10-21-8-11-25-12-9-21/h2-6H,1,7-13H2. The fourth-order valence-electron chi connectivity index (χ4n) is 3.21. The molecule has 4 rings (SSSR count). The SMILES string of the molecule is C=CCn1c(=O)c2ccccc2n2c(SCCN3CCOCC3)nnc12. The zero-order valence-corrected chi connectivity index (χ0v) is 15.3. The Balaban J connectivity index is 1.69. The Morgan fingerprint density at radius 2 is 2.04 bits per heavy atom. The third-order valence-electron chi connectivity index (χ3n) is 4.53. The molecule has 136 valence electrons. The molecule has 0 radical (unpaired) electrons. The molecule has 0 aliphatic carbocycles. The van der Waals surface area contributed by atoms with Crippen molar-refractivity contribution in [1.82, 2.24) is 24.1 Å². The summed E-state index contributed by atoms with van der Waals surface area (Å²) in [5, 5.41) is 10.1. The summed E-state index contributed by atoms with van der Waals surface area (Å²) in [5.41, 5.74) is 0.775. The minimum absolute atomic E-state index is 0.0646. The lowest BCUT2D eigenvalue weighted by Crippen LogP contribution is -2.37. The molecule has 0 amide bonds. The van der Waals surface area contributed by atoms with Crippen molar-refractivity contribution in [2.45, 2.75) is 11.7 Å². The van der Waals surface area contributed by atoms with Crippen LogP contribution in [0.3, 0.4) is 0 Å². The second kappa shape index (κ2) is 7.61. The highest BCUT2D eigenvalue weighted by Crippen LogP contribution is 2.21. The van der Waals surface area contributed by atoms with Crippen molar-refractivity contribution in [3.05, 3.63) is 47.3 Å². The minimum Gasteiger partial charge on any atom is -0.379 e. The van der Waals surface area contributed by atoms with Gasteiger partial charge < -0.3 is 4.74 Å². The van der Waals surface area contributed by atoms with Crippen LogP contribution in [0.1, 0.15) is 0 Å². The Labute approximate surface area is 155 Å². The van der Waals surface area contributed by atoms with E-state index in [1.165, 1.54) is 0 Å². The van der Waals surface area contributed by atoms with Gasteiger partial charge in [0.25, 0.3) is 5.56 Å². The summed E-state index contributed by atoms with van der Waals surface area (Å²) in [4.78, 5) is 15.2. The fourth-order valence-corrected chi connectivity index (χ4v) is 4.15. The van der Waals surface area contributed by atoms with Gasteiger partial charge in [-0.05, 0) is 12.1 Å². The average Bonchev–Trinajstić information content (AvgIpc) is 3.10. The van der Waals surface area contributed by atoms with Crippen molar-refractivity contribution in [1.29, 1.82) is 0 Å². The maximum atomic E-state index is 12.8.